The highest BCUT2D eigenvalue weighted by Crippen LogP contribution is 2.22. The molecule has 0 bridgehead atoms. The summed E-state index contributed by atoms with van der Waals surface area (Å²) < 4.78 is 44.9. The lowest BCUT2D eigenvalue weighted by Crippen LogP contribution is -2.17. The molecule has 0 aliphatic rings. The highest BCUT2D eigenvalue weighted by Gasteiger charge is 2.30. The summed E-state index contributed by atoms with van der Waals surface area (Å²) in [5.74, 6) is 0.319. The molecule has 0 amide bonds. The summed E-state index contributed by atoms with van der Waals surface area (Å²) >= 11 is 0. The third kappa shape index (κ3) is 5.25. The van der Waals surface area contributed by atoms with Crippen LogP contribution in [0.4, 0.5) is 13.2 Å². The Morgan fingerprint density at radius 3 is 2.18 bits per heavy atom. The Morgan fingerprint density at radius 1 is 1.00 bits per heavy atom. The quantitative estimate of drug-likeness (QED) is 0.889. The smallest absolute Gasteiger partial charge is 0.481 e. The van der Waals surface area contributed by atoms with E-state index in [1.165, 1.54) is 12.1 Å². The van der Waals surface area contributed by atoms with E-state index in [-0.39, 0.29) is 5.75 Å². The van der Waals surface area contributed by atoms with E-state index in [9.17, 15) is 13.2 Å². The molecule has 1 aromatic carbocycles. The minimum atomic E-state index is -4.67. The van der Waals surface area contributed by atoms with E-state index < -0.39 is 6.36 Å². The highest BCUT2D eigenvalue weighted by atomic mass is 19.4. The van der Waals surface area contributed by atoms with Crippen molar-refractivity contribution >= 4 is 0 Å². The summed E-state index contributed by atoms with van der Waals surface area (Å²) in [6.45, 7) is 1.12. The van der Waals surface area contributed by atoms with Gasteiger partial charge < -0.3 is 14.8 Å². The number of rotatable bonds is 6. The van der Waals surface area contributed by atoms with Crippen LogP contribution in [0.25, 0.3) is 0 Å². The number of nitrogens with one attached hydrogen (secondary N) is 1. The molecule has 0 atom stereocenters. The summed E-state index contributed by atoms with van der Waals surface area (Å²) in [5, 5.41) is 3.18. The topological polar surface area (TPSA) is 43.4 Å². The van der Waals surface area contributed by atoms with Gasteiger partial charge in [0.1, 0.15) is 5.75 Å². The van der Waals surface area contributed by atoms with Gasteiger partial charge in [-0.2, -0.15) is 0 Å². The number of pyridine rings is 1. The van der Waals surface area contributed by atoms with E-state index >= 15 is 0 Å². The van der Waals surface area contributed by atoms with E-state index in [1.54, 1.807) is 31.5 Å². The van der Waals surface area contributed by atoms with Crippen molar-refractivity contribution in [3.05, 3.63) is 53.7 Å². The van der Waals surface area contributed by atoms with Gasteiger partial charge in [-0.05, 0) is 23.3 Å². The van der Waals surface area contributed by atoms with E-state index in [0.717, 1.165) is 11.1 Å². The van der Waals surface area contributed by atoms with Crippen LogP contribution in [0, 0.1) is 0 Å². The van der Waals surface area contributed by atoms with Crippen molar-refractivity contribution in [1.82, 2.24) is 10.3 Å². The second-order valence-corrected chi connectivity index (χ2v) is 4.50. The summed E-state index contributed by atoms with van der Waals surface area (Å²) in [7, 11) is 1.55. The van der Waals surface area contributed by atoms with Crippen molar-refractivity contribution in [3.8, 4) is 11.6 Å². The molecule has 2 rings (SSSR count). The van der Waals surface area contributed by atoms with Gasteiger partial charge in [0.15, 0.2) is 0 Å². The van der Waals surface area contributed by atoms with Crippen LogP contribution < -0.4 is 14.8 Å². The normalized spacial score (nSPS) is 11.3. The maximum atomic E-state index is 12.0. The average Bonchev–Trinajstić information content (AvgIpc) is 2.48. The molecule has 0 saturated carbocycles. The second-order valence-electron chi connectivity index (χ2n) is 4.50. The lowest BCUT2D eigenvalue weighted by atomic mass is 10.2. The Balaban J connectivity index is 1.81. The van der Waals surface area contributed by atoms with Gasteiger partial charge in [0.05, 0.1) is 7.11 Å². The van der Waals surface area contributed by atoms with Crippen molar-refractivity contribution in [2.24, 2.45) is 0 Å². The maximum absolute atomic E-state index is 12.0. The van der Waals surface area contributed by atoms with Crippen LogP contribution in [0.1, 0.15) is 11.1 Å². The third-order valence-electron chi connectivity index (χ3n) is 2.82. The molecule has 1 N–H and O–H groups in total. The zero-order valence-electron chi connectivity index (χ0n) is 11.9. The van der Waals surface area contributed by atoms with Crippen molar-refractivity contribution in [1.29, 1.82) is 0 Å². The number of nitrogens with zero attached hydrogens (tertiary/aromatic N) is 1. The summed E-state index contributed by atoms with van der Waals surface area (Å²) in [6.07, 6.45) is -2.97. The number of hydrogen-bond donors (Lipinski definition) is 1. The van der Waals surface area contributed by atoms with Crippen molar-refractivity contribution in [2.45, 2.75) is 19.5 Å². The van der Waals surface area contributed by atoms with Crippen LogP contribution in [0.15, 0.2) is 42.6 Å². The minimum Gasteiger partial charge on any atom is -0.481 e. The van der Waals surface area contributed by atoms with Crippen LogP contribution in [-0.2, 0) is 13.1 Å². The number of alkyl halides is 3. The van der Waals surface area contributed by atoms with E-state index in [1.807, 2.05) is 6.07 Å². The molecule has 0 radical (unpaired) electrons. The molecule has 0 aliphatic carbocycles. The highest BCUT2D eigenvalue weighted by molar-refractivity contribution is 5.27. The van der Waals surface area contributed by atoms with Gasteiger partial charge in [0.2, 0.25) is 5.88 Å². The van der Waals surface area contributed by atoms with E-state index in [0.29, 0.717) is 19.0 Å². The van der Waals surface area contributed by atoms with Crippen LogP contribution in [0.5, 0.6) is 11.6 Å². The molecular weight excluding hydrogens is 297 g/mol. The standard InChI is InChI=1S/C15H15F3N2O2/c1-21-14-7-4-12(10-20-14)9-19-8-11-2-5-13(6-3-11)22-15(16,17)18/h2-7,10,19H,8-9H2,1H3. The molecule has 0 fully saturated rings. The predicted octanol–water partition coefficient (Wildman–Crippen LogP) is 3.28. The van der Waals surface area contributed by atoms with Crippen molar-refractivity contribution in [2.75, 3.05) is 7.11 Å². The largest absolute Gasteiger partial charge is 0.573 e. The van der Waals surface area contributed by atoms with Gasteiger partial charge >= 0.3 is 6.36 Å². The molecule has 1 aromatic heterocycles. The molecule has 0 unspecified atom stereocenters. The van der Waals surface area contributed by atoms with Gasteiger partial charge in [-0.3, -0.25) is 0 Å². The fourth-order valence-electron chi connectivity index (χ4n) is 1.80. The zero-order valence-corrected chi connectivity index (χ0v) is 11.9. The lowest BCUT2D eigenvalue weighted by Gasteiger charge is -2.10. The first kappa shape index (κ1) is 16.1. The van der Waals surface area contributed by atoms with Crippen molar-refractivity contribution < 1.29 is 22.6 Å². The molecule has 2 aromatic rings. The first-order valence-electron chi connectivity index (χ1n) is 6.50. The third-order valence-corrected chi connectivity index (χ3v) is 2.82. The Morgan fingerprint density at radius 2 is 1.64 bits per heavy atom. The number of halogens is 3. The van der Waals surface area contributed by atoms with Gasteiger partial charge in [-0.15, -0.1) is 13.2 Å². The number of ether oxygens (including phenoxy) is 2. The Hall–Kier alpha value is -2.28. The fourth-order valence-corrected chi connectivity index (χ4v) is 1.80. The Labute approximate surface area is 125 Å². The zero-order chi connectivity index (χ0) is 16.0. The molecule has 0 spiro atoms. The number of benzene rings is 1. The van der Waals surface area contributed by atoms with E-state index in [4.69, 9.17) is 4.74 Å². The van der Waals surface area contributed by atoms with Gasteiger partial charge in [-0.1, -0.05) is 18.2 Å². The first-order valence-corrected chi connectivity index (χ1v) is 6.50. The number of hydrogen-bond acceptors (Lipinski definition) is 4. The van der Waals surface area contributed by atoms with E-state index in [2.05, 4.69) is 15.0 Å². The predicted molar refractivity (Wildman–Crippen MR) is 74.5 cm³/mol. The van der Waals surface area contributed by atoms with Crippen LogP contribution in [0.3, 0.4) is 0 Å². The minimum absolute atomic E-state index is 0.226. The van der Waals surface area contributed by atoms with Crippen LogP contribution in [0.2, 0.25) is 0 Å². The van der Waals surface area contributed by atoms with Crippen LogP contribution in [-0.4, -0.2) is 18.5 Å². The summed E-state index contributed by atoms with van der Waals surface area (Å²) in [4.78, 5) is 4.08. The molecule has 7 heteroatoms. The summed E-state index contributed by atoms with van der Waals surface area (Å²) in [6, 6.07) is 9.40. The average molecular weight is 312 g/mol. The molecule has 0 aliphatic heterocycles. The molecular formula is C15H15F3N2O2. The van der Waals surface area contributed by atoms with Crippen LogP contribution >= 0.6 is 0 Å². The monoisotopic (exact) mass is 312 g/mol. The molecule has 4 nitrogen and oxygen atoms in total. The maximum Gasteiger partial charge on any atom is 0.573 e. The molecule has 0 saturated heterocycles. The summed E-state index contributed by atoms with van der Waals surface area (Å²) in [5.41, 5.74) is 1.84. The second kappa shape index (κ2) is 7.13. The molecule has 22 heavy (non-hydrogen) atoms. The van der Waals surface area contributed by atoms with Gasteiger partial charge in [-0.25, -0.2) is 4.98 Å². The molecule has 118 valence electrons. The Kier molecular flexibility index (Phi) is 5.21. The van der Waals surface area contributed by atoms with Crippen molar-refractivity contribution in [3.63, 3.8) is 0 Å². The number of methoxy groups -OCH3 is 1. The number of aromatic nitrogens is 1. The SMILES string of the molecule is COc1ccc(CNCc2ccc(OC(F)(F)F)cc2)cn1. The fraction of sp³-hybridized carbons (Fsp3) is 0.267. The van der Waals surface area contributed by atoms with Gasteiger partial charge in [0.25, 0.3) is 0 Å². The molecule has 1 heterocycles. The van der Waals surface area contributed by atoms with Gasteiger partial charge in [0, 0.05) is 25.4 Å². The lowest BCUT2D eigenvalue weighted by molar-refractivity contribution is -0.274. The first-order chi connectivity index (χ1) is 10.5. The Bertz CT molecular complexity index is 583.